The van der Waals surface area contributed by atoms with Crippen molar-refractivity contribution in [3.8, 4) is 0 Å². The van der Waals surface area contributed by atoms with Gasteiger partial charge in [0.25, 0.3) is 0 Å². The second-order valence-corrected chi connectivity index (χ2v) is 1.82. The Morgan fingerprint density at radius 1 is 1.56 bits per heavy atom. The Balaban J connectivity index is 0. The normalized spacial score (nSPS) is 12.3. The maximum absolute atomic E-state index is 8.56. The largest absolute Gasteiger partial charge is 0.368 e. The molecular weight excluding hydrogens is 195 g/mol. The van der Waals surface area contributed by atoms with Gasteiger partial charge < -0.3 is 9.84 Å². The Bertz CT molecular complexity index is 48.3. The van der Waals surface area contributed by atoms with Crippen molar-refractivity contribution in [1.82, 2.24) is 0 Å². The molecule has 0 aliphatic heterocycles. The number of unbranched alkanes of at least 4 members (excludes halogenated alkanes) is 1. The van der Waals surface area contributed by atoms with Crippen molar-refractivity contribution in [3.05, 3.63) is 0 Å². The van der Waals surface area contributed by atoms with Gasteiger partial charge in [-0.05, 0) is 13.3 Å². The van der Waals surface area contributed by atoms with E-state index in [2.05, 4.69) is 6.92 Å². The number of hydrogen-bond donors (Lipinski definition) is 1. The first-order valence-electron chi connectivity index (χ1n) is 3.07. The van der Waals surface area contributed by atoms with Gasteiger partial charge in [-0.2, -0.15) is 0 Å². The van der Waals surface area contributed by atoms with E-state index in [9.17, 15) is 0 Å². The van der Waals surface area contributed by atoms with Crippen LogP contribution in [0.25, 0.3) is 0 Å². The van der Waals surface area contributed by atoms with Crippen molar-refractivity contribution >= 4 is 0 Å². The Labute approximate surface area is 75.7 Å². The van der Waals surface area contributed by atoms with E-state index in [-0.39, 0.29) is 26.2 Å². The van der Waals surface area contributed by atoms with Crippen molar-refractivity contribution in [3.63, 3.8) is 0 Å². The summed E-state index contributed by atoms with van der Waals surface area (Å²) in [6.07, 6.45) is 1.55. The predicted octanol–water partition coefficient (Wildman–Crippen LogP) is 1.14. The van der Waals surface area contributed by atoms with Gasteiger partial charge in [-0.25, -0.2) is 0 Å². The second-order valence-electron chi connectivity index (χ2n) is 1.82. The molecule has 0 aromatic heterocycles. The maximum Gasteiger partial charge on any atom is 0.151 e. The molecule has 1 atom stereocenters. The summed E-state index contributed by atoms with van der Waals surface area (Å²) in [7, 11) is 0. The summed E-state index contributed by atoms with van der Waals surface area (Å²) in [6, 6.07) is 0. The summed E-state index contributed by atoms with van der Waals surface area (Å²) in [6.45, 7) is 4.38. The summed E-state index contributed by atoms with van der Waals surface area (Å²) in [5.41, 5.74) is 0. The molecule has 0 radical (unpaired) electrons. The summed E-state index contributed by atoms with van der Waals surface area (Å²) >= 11 is 0. The molecule has 0 aromatic rings. The number of ether oxygens (including phenoxy) is 1. The molecule has 0 bridgehead atoms. The number of hydrogen-bond acceptors (Lipinski definition) is 2. The molecule has 1 N–H and O–H groups in total. The Morgan fingerprint density at radius 2 is 2.11 bits per heavy atom. The van der Waals surface area contributed by atoms with Gasteiger partial charge in [0.1, 0.15) is 0 Å². The van der Waals surface area contributed by atoms with Crippen LogP contribution in [0.4, 0.5) is 0 Å². The van der Waals surface area contributed by atoms with Crippen LogP contribution in [-0.4, -0.2) is 18.0 Å². The van der Waals surface area contributed by atoms with Gasteiger partial charge in [0.15, 0.2) is 6.29 Å². The Kier molecular flexibility index (Phi) is 12.2. The number of aliphatic hydroxyl groups excluding tert-OH is 1. The average molecular weight is 209 g/mol. The van der Waals surface area contributed by atoms with E-state index < -0.39 is 6.29 Å². The van der Waals surface area contributed by atoms with Gasteiger partial charge >= 0.3 is 0 Å². The molecule has 0 spiro atoms. The summed E-state index contributed by atoms with van der Waals surface area (Å²) in [5, 5.41) is 8.56. The van der Waals surface area contributed by atoms with Crippen LogP contribution in [0.1, 0.15) is 26.7 Å². The molecule has 0 amide bonds. The van der Waals surface area contributed by atoms with E-state index in [1.807, 2.05) is 0 Å². The third kappa shape index (κ3) is 12.1. The van der Waals surface area contributed by atoms with Crippen molar-refractivity contribution in [1.29, 1.82) is 0 Å². The van der Waals surface area contributed by atoms with Crippen molar-refractivity contribution in [2.75, 3.05) is 6.61 Å². The first-order valence-corrected chi connectivity index (χ1v) is 3.07. The van der Waals surface area contributed by atoms with Crippen LogP contribution in [0.2, 0.25) is 0 Å². The molecule has 0 aliphatic carbocycles. The van der Waals surface area contributed by atoms with Gasteiger partial charge in [0.2, 0.25) is 0 Å². The van der Waals surface area contributed by atoms with E-state index in [0.717, 1.165) is 12.8 Å². The fourth-order valence-electron chi connectivity index (χ4n) is 0.398. The molecule has 0 heterocycles. The molecule has 0 aliphatic rings. The second kappa shape index (κ2) is 8.80. The van der Waals surface area contributed by atoms with Gasteiger partial charge in [-0.3, -0.25) is 0 Å². The third-order valence-corrected chi connectivity index (χ3v) is 0.857. The molecule has 2 nitrogen and oxygen atoms in total. The molecule has 0 saturated heterocycles. The zero-order valence-electron chi connectivity index (χ0n) is 6.05. The van der Waals surface area contributed by atoms with E-state index in [1.165, 1.54) is 0 Å². The number of rotatable bonds is 4. The van der Waals surface area contributed by atoms with Gasteiger partial charge in [0, 0.05) is 32.8 Å². The average Bonchev–Trinajstić information content (AvgIpc) is 1.66. The minimum atomic E-state index is -0.596. The zero-order valence-corrected chi connectivity index (χ0v) is 8.51. The Morgan fingerprint density at radius 3 is 2.44 bits per heavy atom. The summed E-state index contributed by atoms with van der Waals surface area (Å²) < 4.78 is 4.84. The van der Waals surface area contributed by atoms with E-state index in [1.54, 1.807) is 6.92 Å². The number of aliphatic hydroxyl groups is 1. The first-order chi connectivity index (χ1) is 3.77. The fourth-order valence-corrected chi connectivity index (χ4v) is 0.398. The monoisotopic (exact) mass is 208 g/mol. The van der Waals surface area contributed by atoms with E-state index >= 15 is 0 Å². The van der Waals surface area contributed by atoms with Crippen LogP contribution in [0, 0.1) is 0 Å². The van der Waals surface area contributed by atoms with Crippen LogP contribution in [-0.2, 0) is 30.9 Å². The molecule has 9 heavy (non-hydrogen) atoms. The van der Waals surface area contributed by atoms with Crippen LogP contribution >= 0.6 is 0 Å². The van der Waals surface area contributed by atoms with E-state index in [0.29, 0.717) is 6.61 Å². The summed E-state index contributed by atoms with van der Waals surface area (Å²) in [4.78, 5) is 0. The smallest absolute Gasteiger partial charge is 0.151 e. The molecule has 0 aromatic carbocycles. The van der Waals surface area contributed by atoms with Crippen molar-refractivity contribution in [2.24, 2.45) is 0 Å². The molecule has 3 heteroatoms. The molecular formula is C6H14O2Zr. The predicted molar refractivity (Wildman–Crippen MR) is 32.5 cm³/mol. The fraction of sp³-hybridized carbons (Fsp3) is 1.00. The quantitative estimate of drug-likeness (QED) is 0.556. The van der Waals surface area contributed by atoms with Gasteiger partial charge in [-0.15, -0.1) is 0 Å². The minimum Gasteiger partial charge on any atom is -0.368 e. The molecule has 0 fully saturated rings. The molecule has 0 rings (SSSR count). The molecule has 0 saturated carbocycles. The van der Waals surface area contributed by atoms with Crippen LogP contribution in [0.15, 0.2) is 0 Å². The van der Waals surface area contributed by atoms with E-state index in [4.69, 9.17) is 9.84 Å². The minimum absolute atomic E-state index is 0. The standard InChI is InChI=1S/C6H14O2.Zr/c1-3-4-5-8-6(2)7;/h6-7H,3-5H2,1-2H3;. The summed E-state index contributed by atoms with van der Waals surface area (Å²) in [5.74, 6) is 0. The van der Waals surface area contributed by atoms with Crippen LogP contribution in [0.3, 0.4) is 0 Å². The van der Waals surface area contributed by atoms with Crippen LogP contribution < -0.4 is 0 Å². The first kappa shape index (κ1) is 12.5. The van der Waals surface area contributed by atoms with Gasteiger partial charge in [0.05, 0.1) is 0 Å². The van der Waals surface area contributed by atoms with Crippen molar-refractivity contribution in [2.45, 2.75) is 33.0 Å². The SMILES string of the molecule is CCCCOC(C)O.[Zr]. The molecule has 54 valence electrons. The molecule has 1 unspecified atom stereocenters. The van der Waals surface area contributed by atoms with Crippen molar-refractivity contribution < 1.29 is 36.0 Å². The Hall–Kier alpha value is 0.803. The van der Waals surface area contributed by atoms with Gasteiger partial charge in [-0.1, -0.05) is 13.3 Å². The zero-order chi connectivity index (χ0) is 6.41. The third-order valence-electron chi connectivity index (χ3n) is 0.857. The maximum atomic E-state index is 8.56. The topological polar surface area (TPSA) is 29.5 Å². The van der Waals surface area contributed by atoms with Crippen LogP contribution in [0.5, 0.6) is 0 Å².